The number of aliphatic hydroxyl groups excluding tert-OH is 2. The smallest absolute Gasteiger partial charge is 0.350 e. The fraction of sp³-hybridized carbons (Fsp3) is 0.488. The Morgan fingerprint density at radius 3 is 0.981 bits per heavy atom. The maximum Gasteiger partial charge on any atom is 0.350 e. The molecule has 4 aromatic carbocycles. The summed E-state index contributed by atoms with van der Waals surface area (Å²) in [4.78, 5) is 86.5. The average molecular weight is 1600 g/mol. The fourth-order valence-corrected chi connectivity index (χ4v) is 10.8. The van der Waals surface area contributed by atoms with Gasteiger partial charge in [-0.1, -0.05) is 171 Å². The largest absolute Gasteiger partial charge is 0.512 e. The van der Waals surface area contributed by atoms with Crippen LogP contribution in [0.15, 0.2) is 171 Å². The van der Waals surface area contributed by atoms with Crippen LogP contribution in [0.2, 0.25) is 0 Å². The first-order chi connectivity index (χ1) is 50.3. The molecule has 18 nitrogen and oxygen atoms in total. The third-order valence-electron chi connectivity index (χ3n) is 16.8. The summed E-state index contributed by atoms with van der Waals surface area (Å²) in [7, 11) is 1.72. The van der Waals surface area contributed by atoms with E-state index in [4.69, 9.17) is 48.1 Å². The molecule has 2 saturated carbocycles. The molecule has 588 valence electrons. The van der Waals surface area contributed by atoms with E-state index in [0.29, 0.717) is 55.7 Å². The molecular formula is C86H120FeO18Pd+2. The van der Waals surface area contributed by atoms with Gasteiger partial charge >= 0.3 is 47.4 Å². The molecule has 2 aliphatic carbocycles. The van der Waals surface area contributed by atoms with Crippen molar-refractivity contribution in [3.8, 4) is 17.2 Å². The third kappa shape index (κ3) is 51.3. The van der Waals surface area contributed by atoms with Gasteiger partial charge in [-0.3, -0.25) is 19.2 Å². The number of hydrogen-bond acceptors (Lipinski definition) is 16. The first kappa shape index (κ1) is 98.0. The zero-order valence-corrected chi connectivity index (χ0v) is 66.0. The van der Waals surface area contributed by atoms with E-state index in [1.54, 1.807) is 31.4 Å². The first-order valence-electron chi connectivity index (χ1n) is 37.2. The SMILES string of the molecule is C=CC(=O)OCCCCCCCOC.C=CC(=O)OCCCCCCCOc1ccc(C(=[OH+])C=C(C)O)cc1.C=CC(=O)OCCCCCCCc1ccc(OC(=O)C2CCCC2)cc1.C=CC(=O)OCCCCCCCc1ccc(OC(=O)C2CCCC2)cc1.CC(O)=CC(=[OH+])c1ccc(C)cc1.[Fe].[Pd]. The quantitative estimate of drug-likeness (QED) is 0.00480. The average Bonchev–Trinajstić information content (AvgIpc) is 1.45. The Hall–Kier alpha value is -7.98. The molecule has 0 unspecified atom stereocenters. The van der Waals surface area contributed by atoms with Crippen molar-refractivity contribution in [2.75, 3.05) is 46.8 Å². The molecule has 0 bridgehead atoms. The van der Waals surface area contributed by atoms with Gasteiger partial charge in [0.15, 0.2) is 0 Å². The molecule has 0 spiro atoms. The van der Waals surface area contributed by atoms with E-state index in [1.807, 2.05) is 79.7 Å². The van der Waals surface area contributed by atoms with E-state index in [1.165, 1.54) is 74.3 Å². The summed E-state index contributed by atoms with van der Waals surface area (Å²) in [6, 6.07) is 30.3. The van der Waals surface area contributed by atoms with Gasteiger partial charge in [0.25, 0.3) is 0 Å². The maximum atomic E-state index is 12.0. The predicted molar refractivity (Wildman–Crippen MR) is 412 cm³/mol. The van der Waals surface area contributed by atoms with Gasteiger partial charge in [0.05, 0.1) is 79.7 Å². The van der Waals surface area contributed by atoms with E-state index in [0.717, 1.165) is 198 Å². The van der Waals surface area contributed by atoms with Gasteiger partial charge in [-0.05, 0) is 182 Å². The van der Waals surface area contributed by atoms with Gasteiger partial charge in [-0.25, -0.2) is 19.2 Å². The Kier molecular flexibility index (Phi) is 59.4. The standard InChI is InChI=1S/2C22H30O4.C20H26O5.C11H20O3.C11H12O2.Fe.Pd/c2*1-2-21(23)25-17-9-5-3-4-6-10-18-13-15-20(16-14-18)26-22(24)19-11-7-8-12-19;1-3-20(23)25-14-8-6-4-5-7-13-24-18-11-9-17(10-12-18)19(22)15-16(2)21;1-3-11(12)14-10-8-6-4-5-7-9-13-2;1-8-3-5-10(6-4-8)11(13)7-9(2)12;;/h2*2,13-16,19H,1,3-12,17H2;3,9-12,15,21H,1,4-8,13-14H2,2H3;3H,1,4-10H2,2H3;3-7,12H,1-2H3;;/p+2. The number of allylic oxidation sites excluding steroid dienone is 4. The van der Waals surface area contributed by atoms with Gasteiger partial charge in [0.2, 0.25) is 0 Å². The number of ether oxygens (including phenoxy) is 8. The zero-order valence-electron chi connectivity index (χ0n) is 63.3. The summed E-state index contributed by atoms with van der Waals surface area (Å²) in [6.07, 6.45) is 39.2. The molecule has 4 N–H and O–H groups in total. The van der Waals surface area contributed by atoms with Crippen molar-refractivity contribution in [1.82, 2.24) is 0 Å². The van der Waals surface area contributed by atoms with Crippen molar-refractivity contribution in [2.24, 2.45) is 11.8 Å². The van der Waals surface area contributed by atoms with Crippen molar-refractivity contribution in [3.05, 3.63) is 199 Å². The van der Waals surface area contributed by atoms with Crippen molar-refractivity contribution in [2.45, 2.75) is 213 Å². The predicted octanol–water partition coefficient (Wildman–Crippen LogP) is 18.8. The number of aliphatic hydroxyl groups is 2. The summed E-state index contributed by atoms with van der Waals surface area (Å²) < 4.78 is 41.2. The molecule has 0 aromatic heterocycles. The molecule has 0 saturated heterocycles. The number of unbranched alkanes of at least 4 members (excludes halogenated alkanes) is 16. The van der Waals surface area contributed by atoms with Crippen LogP contribution in [0.4, 0.5) is 0 Å². The monoisotopic (exact) mass is 1600 g/mol. The second-order valence-corrected chi connectivity index (χ2v) is 25.7. The number of rotatable bonds is 45. The number of esters is 6. The molecule has 2 aliphatic rings. The number of carbonyl (C=O) groups excluding carboxylic acids is 8. The summed E-state index contributed by atoms with van der Waals surface area (Å²) in [5.74, 6) is 0.951. The molecule has 0 amide bonds. The van der Waals surface area contributed by atoms with Crippen LogP contribution >= 0.6 is 0 Å². The Balaban J connectivity index is 0.00000133. The minimum atomic E-state index is -0.368. The van der Waals surface area contributed by atoms with Crippen LogP contribution in [0.1, 0.15) is 221 Å². The van der Waals surface area contributed by atoms with E-state index in [2.05, 4.69) is 26.3 Å². The van der Waals surface area contributed by atoms with E-state index in [9.17, 15) is 38.4 Å². The first-order valence-corrected chi connectivity index (χ1v) is 37.2. The molecule has 0 aliphatic heterocycles. The van der Waals surface area contributed by atoms with E-state index < -0.39 is 0 Å². The number of methoxy groups -OCH3 is 1. The summed E-state index contributed by atoms with van der Waals surface area (Å²) >= 11 is 0. The number of hydrogen-bond donors (Lipinski definition) is 2. The van der Waals surface area contributed by atoms with Gasteiger partial charge in [0.1, 0.15) is 17.2 Å². The van der Waals surface area contributed by atoms with Crippen molar-refractivity contribution in [1.29, 1.82) is 0 Å². The number of aryl methyl sites for hydroxylation is 3. The van der Waals surface area contributed by atoms with Crippen molar-refractivity contribution < 1.29 is 124 Å². The molecule has 6 rings (SSSR count). The topological polar surface area (TPSA) is 260 Å². The van der Waals surface area contributed by atoms with Crippen LogP contribution in [-0.4, -0.2) is 114 Å². The summed E-state index contributed by atoms with van der Waals surface area (Å²) in [6.45, 7) is 21.8. The maximum absolute atomic E-state index is 12.0. The van der Waals surface area contributed by atoms with Crippen molar-refractivity contribution in [3.63, 3.8) is 0 Å². The minimum absolute atomic E-state index is 0. The van der Waals surface area contributed by atoms with Crippen LogP contribution in [0, 0.1) is 18.8 Å². The third-order valence-corrected chi connectivity index (χ3v) is 16.8. The molecule has 4 aromatic rings. The minimum Gasteiger partial charge on any atom is -0.512 e. The second-order valence-electron chi connectivity index (χ2n) is 25.7. The Bertz CT molecular complexity index is 3070. The number of benzene rings is 4. The van der Waals surface area contributed by atoms with Crippen molar-refractivity contribution >= 4 is 47.4 Å². The van der Waals surface area contributed by atoms with Gasteiger partial charge < -0.3 is 48.1 Å². The van der Waals surface area contributed by atoms with Gasteiger partial charge in [0, 0.05) is 75.5 Å². The molecule has 0 atom stereocenters. The summed E-state index contributed by atoms with van der Waals surface area (Å²) in [5, 5.41) is 18.1. The molecule has 2 fully saturated rings. The van der Waals surface area contributed by atoms with Crippen LogP contribution < -0.4 is 14.2 Å². The number of ketones is 2. The van der Waals surface area contributed by atoms with Crippen LogP contribution in [0.25, 0.3) is 0 Å². The molecule has 20 heteroatoms. The van der Waals surface area contributed by atoms with E-state index >= 15 is 0 Å². The number of carbonyl (C=O) groups is 6. The normalized spacial score (nSPS) is 12.2. The Labute approximate surface area is 655 Å². The summed E-state index contributed by atoms with van der Waals surface area (Å²) in [5.41, 5.74) is 5.01. The molecular weight excluding hydrogens is 1480 g/mol. The van der Waals surface area contributed by atoms with Crippen LogP contribution in [0.5, 0.6) is 17.2 Å². The second kappa shape index (κ2) is 64.2. The molecule has 0 heterocycles. The van der Waals surface area contributed by atoms with E-state index in [-0.39, 0.29) is 108 Å². The molecule has 106 heavy (non-hydrogen) atoms. The van der Waals surface area contributed by atoms with Gasteiger partial charge in [-0.15, -0.1) is 0 Å². The van der Waals surface area contributed by atoms with Crippen LogP contribution in [0.3, 0.4) is 0 Å². The van der Waals surface area contributed by atoms with Gasteiger partial charge in [-0.2, -0.15) is 0 Å². The molecule has 0 radical (unpaired) electrons. The Morgan fingerprint density at radius 2 is 0.679 bits per heavy atom. The Morgan fingerprint density at radius 1 is 0.406 bits per heavy atom. The fourth-order valence-electron chi connectivity index (χ4n) is 10.8. The zero-order chi connectivity index (χ0) is 76.2. The van der Waals surface area contributed by atoms with Crippen LogP contribution in [-0.2, 0) is 103 Å².